The lowest BCUT2D eigenvalue weighted by molar-refractivity contribution is 0.813. The third-order valence-corrected chi connectivity index (χ3v) is 2.32. The third kappa shape index (κ3) is 2.10. The first-order valence-corrected chi connectivity index (χ1v) is 4.82. The van der Waals surface area contributed by atoms with Crippen LogP contribution in [0.3, 0.4) is 0 Å². The van der Waals surface area contributed by atoms with Crippen LogP contribution in [0.1, 0.15) is 5.82 Å². The van der Waals surface area contributed by atoms with Crippen LogP contribution in [0.5, 0.6) is 0 Å². The fourth-order valence-corrected chi connectivity index (χ4v) is 1.40. The van der Waals surface area contributed by atoms with Crippen molar-refractivity contribution in [2.75, 3.05) is 11.1 Å². The summed E-state index contributed by atoms with van der Waals surface area (Å²) in [7, 11) is 1.97. The van der Waals surface area contributed by atoms with Crippen LogP contribution in [0, 0.1) is 0 Å². The number of nitrogens with two attached hydrogens (primary N) is 1. The van der Waals surface area contributed by atoms with Gasteiger partial charge < -0.3 is 15.6 Å². The molecule has 0 saturated carbocycles. The standard InChI is InChI=1S/C11H14N4/c1-15-7-6-13-11(15)8-14-10-5-3-2-4-9(10)12/h2-7,14H,8,12H2,1H3. The lowest BCUT2D eigenvalue weighted by Crippen LogP contribution is -2.06. The molecule has 4 heteroatoms. The topological polar surface area (TPSA) is 55.9 Å². The Morgan fingerprint density at radius 3 is 2.87 bits per heavy atom. The number of hydrogen-bond acceptors (Lipinski definition) is 3. The minimum atomic E-state index is 0.678. The van der Waals surface area contributed by atoms with Gasteiger partial charge in [0.25, 0.3) is 0 Å². The number of nitrogens with one attached hydrogen (secondary N) is 1. The molecule has 3 N–H and O–H groups in total. The highest BCUT2D eigenvalue weighted by molar-refractivity contribution is 5.65. The first kappa shape index (κ1) is 9.58. The molecule has 0 amide bonds. The predicted octanol–water partition coefficient (Wildman–Crippen LogP) is 1.61. The van der Waals surface area contributed by atoms with Crippen LogP contribution in [0.15, 0.2) is 36.7 Å². The summed E-state index contributed by atoms with van der Waals surface area (Å²) in [5.74, 6) is 0.984. The number of benzene rings is 1. The third-order valence-electron chi connectivity index (χ3n) is 2.32. The molecule has 0 unspecified atom stereocenters. The molecule has 0 aliphatic carbocycles. The summed E-state index contributed by atoms with van der Waals surface area (Å²) in [4.78, 5) is 4.22. The summed E-state index contributed by atoms with van der Waals surface area (Å²) in [6, 6.07) is 7.71. The van der Waals surface area contributed by atoms with Crippen molar-refractivity contribution in [3.8, 4) is 0 Å². The second-order valence-corrected chi connectivity index (χ2v) is 3.40. The molecule has 2 aromatic rings. The zero-order valence-electron chi connectivity index (χ0n) is 8.64. The monoisotopic (exact) mass is 202 g/mol. The van der Waals surface area contributed by atoms with Crippen LogP contribution in [0.25, 0.3) is 0 Å². The number of aromatic nitrogens is 2. The van der Waals surface area contributed by atoms with Gasteiger partial charge in [-0.1, -0.05) is 12.1 Å². The molecule has 1 aromatic carbocycles. The average Bonchev–Trinajstić information content (AvgIpc) is 2.63. The SMILES string of the molecule is Cn1ccnc1CNc1ccccc1N. The number of para-hydroxylation sites is 2. The van der Waals surface area contributed by atoms with E-state index in [2.05, 4.69) is 10.3 Å². The predicted molar refractivity (Wildman–Crippen MR) is 61.4 cm³/mol. The molecule has 0 aliphatic rings. The number of hydrogen-bond donors (Lipinski definition) is 2. The summed E-state index contributed by atoms with van der Waals surface area (Å²) in [5.41, 5.74) is 7.51. The Morgan fingerprint density at radius 1 is 1.40 bits per heavy atom. The largest absolute Gasteiger partial charge is 0.397 e. The van der Waals surface area contributed by atoms with Gasteiger partial charge in [0.15, 0.2) is 0 Å². The molecule has 78 valence electrons. The first-order valence-electron chi connectivity index (χ1n) is 4.82. The second kappa shape index (κ2) is 4.04. The highest BCUT2D eigenvalue weighted by atomic mass is 15.1. The lowest BCUT2D eigenvalue weighted by atomic mass is 10.3. The fraction of sp³-hybridized carbons (Fsp3) is 0.182. The van der Waals surface area contributed by atoms with E-state index in [1.165, 1.54) is 0 Å². The zero-order chi connectivity index (χ0) is 10.7. The van der Waals surface area contributed by atoms with Crippen molar-refractivity contribution in [1.29, 1.82) is 0 Å². The average molecular weight is 202 g/mol. The van der Waals surface area contributed by atoms with Crippen LogP contribution >= 0.6 is 0 Å². The fourth-order valence-electron chi connectivity index (χ4n) is 1.40. The number of nitrogen functional groups attached to an aromatic ring is 1. The highest BCUT2D eigenvalue weighted by Gasteiger charge is 2.00. The zero-order valence-corrected chi connectivity index (χ0v) is 8.64. The van der Waals surface area contributed by atoms with E-state index >= 15 is 0 Å². The molecule has 15 heavy (non-hydrogen) atoms. The van der Waals surface area contributed by atoms with Crippen molar-refractivity contribution >= 4 is 11.4 Å². The van der Waals surface area contributed by atoms with Crippen molar-refractivity contribution in [2.45, 2.75) is 6.54 Å². The molecule has 0 saturated heterocycles. The van der Waals surface area contributed by atoms with Crippen molar-refractivity contribution in [3.63, 3.8) is 0 Å². The summed E-state index contributed by atoms with van der Waals surface area (Å²) in [6.45, 7) is 0.678. The minimum Gasteiger partial charge on any atom is -0.397 e. The van der Waals surface area contributed by atoms with Crippen LogP contribution in [-0.4, -0.2) is 9.55 Å². The van der Waals surface area contributed by atoms with Gasteiger partial charge in [-0.05, 0) is 12.1 Å². The molecule has 1 aromatic heterocycles. The van der Waals surface area contributed by atoms with E-state index < -0.39 is 0 Å². The van der Waals surface area contributed by atoms with Gasteiger partial charge in [0.2, 0.25) is 0 Å². The van der Waals surface area contributed by atoms with Crippen molar-refractivity contribution in [2.24, 2.45) is 7.05 Å². The Kier molecular flexibility index (Phi) is 2.58. The van der Waals surface area contributed by atoms with E-state index in [1.807, 2.05) is 42.1 Å². The normalized spacial score (nSPS) is 10.2. The number of nitrogens with zero attached hydrogens (tertiary/aromatic N) is 2. The number of rotatable bonds is 3. The Morgan fingerprint density at radius 2 is 2.20 bits per heavy atom. The van der Waals surface area contributed by atoms with Gasteiger partial charge in [-0.25, -0.2) is 4.98 Å². The number of imidazole rings is 1. The van der Waals surface area contributed by atoms with Crippen LogP contribution < -0.4 is 11.1 Å². The Bertz CT molecular complexity index is 447. The number of aryl methyl sites for hydroxylation is 1. The summed E-state index contributed by atoms with van der Waals surface area (Å²) < 4.78 is 1.98. The van der Waals surface area contributed by atoms with Crippen LogP contribution in [0.4, 0.5) is 11.4 Å². The quantitative estimate of drug-likeness (QED) is 0.743. The van der Waals surface area contributed by atoms with Gasteiger partial charge in [0.1, 0.15) is 5.82 Å². The molecule has 0 aliphatic heterocycles. The van der Waals surface area contributed by atoms with E-state index in [1.54, 1.807) is 6.20 Å². The molecule has 0 radical (unpaired) electrons. The maximum atomic E-state index is 5.81. The smallest absolute Gasteiger partial charge is 0.127 e. The van der Waals surface area contributed by atoms with E-state index in [0.717, 1.165) is 17.2 Å². The molecular weight excluding hydrogens is 188 g/mol. The molecular formula is C11H14N4. The minimum absolute atomic E-state index is 0.678. The Hall–Kier alpha value is -1.97. The van der Waals surface area contributed by atoms with E-state index in [9.17, 15) is 0 Å². The van der Waals surface area contributed by atoms with Gasteiger partial charge >= 0.3 is 0 Å². The highest BCUT2D eigenvalue weighted by Crippen LogP contribution is 2.17. The van der Waals surface area contributed by atoms with Gasteiger partial charge in [0, 0.05) is 19.4 Å². The van der Waals surface area contributed by atoms with Crippen LogP contribution in [-0.2, 0) is 13.6 Å². The van der Waals surface area contributed by atoms with Crippen molar-refractivity contribution < 1.29 is 0 Å². The summed E-state index contributed by atoms with van der Waals surface area (Å²) in [6.07, 6.45) is 3.71. The second-order valence-electron chi connectivity index (χ2n) is 3.40. The lowest BCUT2D eigenvalue weighted by Gasteiger charge is -2.08. The van der Waals surface area contributed by atoms with E-state index in [-0.39, 0.29) is 0 Å². The van der Waals surface area contributed by atoms with Crippen LogP contribution in [0.2, 0.25) is 0 Å². The van der Waals surface area contributed by atoms with Gasteiger partial charge in [-0.3, -0.25) is 0 Å². The maximum Gasteiger partial charge on any atom is 0.127 e. The Labute approximate surface area is 88.7 Å². The van der Waals surface area contributed by atoms with Crippen molar-refractivity contribution in [3.05, 3.63) is 42.5 Å². The molecule has 0 spiro atoms. The van der Waals surface area contributed by atoms with E-state index in [0.29, 0.717) is 6.54 Å². The molecule has 4 nitrogen and oxygen atoms in total. The van der Waals surface area contributed by atoms with E-state index in [4.69, 9.17) is 5.73 Å². The molecule has 0 bridgehead atoms. The molecule has 0 atom stereocenters. The molecule has 2 rings (SSSR count). The first-order chi connectivity index (χ1) is 7.27. The number of anilines is 2. The van der Waals surface area contributed by atoms with Gasteiger partial charge in [-0.15, -0.1) is 0 Å². The summed E-state index contributed by atoms with van der Waals surface area (Å²) >= 11 is 0. The van der Waals surface area contributed by atoms with Gasteiger partial charge in [0.05, 0.1) is 17.9 Å². The maximum absolute atomic E-state index is 5.81. The molecule has 1 heterocycles. The molecule has 0 fully saturated rings. The van der Waals surface area contributed by atoms with Crippen molar-refractivity contribution in [1.82, 2.24) is 9.55 Å². The van der Waals surface area contributed by atoms with Gasteiger partial charge in [-0.2, -0.15) is 0 Å². The summed E-state index contributed by atoms with van der Waals surface area (Å²) in [5, 5.41) is 3.25. The Balaban J connectivity index is 2.06.